The summed E-state index contributed by atoms with van der Waals surface area (Å²) in [5.41, 5.74) is 5.42. The topological polar surface area (TPSA) is 75.6 Å². The molecule has 4 rings (SSSR count). The average molecular weight is 346 g/mol. The first-order chi connectivity index (χ1) is 12.7. The van der Waals surface area contributed by atoms with Crippen LogP contribution in [0.2, 0.25) is 0 Å². The molecule has 1 aliphatic heterocycles. The minimum Gasteiger partial charge on any atom is -0.361 e. The smallest absolute Gasteiger partial charge is 0.161 e. The molecule has 6 nitrogen and oxygen atoms in total. The van der Waals surface area contributed by atoms with Crippen molar-refractivity contribution >= 4 is 5.82 Å². The zero-order valence-corrected chi connectivity index (χ0v) is 15.0. The molecule has 0 aromatic carbocycles. The van der Waals surface area contributed by atoms with Gasteiger partial charge in [-0.05, 0) is 43.2 Å². The van der Waals surface area contributed by atoms with E-state index in [1.54, 1.807) is 12.4 Å². The van der Waals surface area contributed by atoms with Gasteiger partial charge in [-0.2, -0.15) is 0 Å². The fourth-order valence-corrected chi connectivity index (χ4v) is 3.22. The van der Waals surface area contributed by atoms with E-state index in [9.17, 15) is 0 Å². The first-order valence-corrected chi connectivity index (χ1v) is 8.94. The Bertz CT molecular complexity index is 909. The fourth-order valence-electron chi connectivity index (χ4n) is 3.22. The SMILES string of the molecule is CCC(Nc1nc(-c2ccncc2)nc2c1CNC2)c1cc(C)ccn1. The predicted octanol–water partition coefficient (Wildman–Crippen LogP) is 3.41. The Balaban J connectivity index is 1.72. The second-order valence-corrected chi connectivity index (χ2v) is 6.52. The molecular formula is C20H22N6. The Morgan fingerprint density at radius 2 is 1.96 bits per heavy atom. The van der Waals surface area contributed by atoms with Crippen molar-refractivity contribution in [3.8, 4) is 11.4 Å². The molecule has 0 saturated heterocycles. The van der Waals surface area contributed by atoms with Gasteiger partial charge in [-0.3, -0.25) is 9.97 Å². The lowest BCUT2D eigenvalue weighted by Gasteiger charge is -2.20. The Hall–Kier alpha value is -2.86. The van der Waals surface area contributed by atoms with E-state index in [2.05, 4.69) is 40.5 Å². The second kappa shape index (κ2) is 7.17. The third kappa shape index (κ3) is 3.28. The van der Waals surface area contributed by atoms with Gasteiger partial charge in [0.1, 0.15) is 5.82 Å². The standard InChI is InChI=1S/C20H22N6/c1-3-16(17-10-13(2)4-9-23-17)24-20-15-11-22-12-18(15)25-19(26-20)14-5-7-21-8-6-14/h4-10,16,22H,3,11-12H2,1-2H3,(H,24,25,26). The summed E-state index contributed by atoms with van der Waals surface area (Å²) >= 11 is 0. The highest BCUT2D eigenvalue weighted by Crippen LogP contribution is 2.29. The van der Waals surface area contributed by atoms with Crippen molar-refractivity contribution in [2.45, 2.75) is 39.4 Å². The summed E-state index contributed by atoms with van der Waals surface area (Å²) in [6.07, 6.45) is 6.32. The maximum atomic E-state index is 4.83. The molecule has 0 saturated carbocycles. The minimum atomic E-state index is 0.111. The molecule has 0 fully saturated rings. The zero-order valence-electron chi connectivity index (χ0n) is 15.0. The van der Waals surface area contributed by atoms with E-state index in [0.717, 1.165) is 53.7 Å². The molecule has 1 unspecified atom stereocenters. The molecule has 26 heavy (non-hydrogen) atoms. The number of nitrogens with zero attached hydrogens (tertiary/aromatic N) is 4. The minimum absolute atomic E-state index is 0.111. The van der Waals surface area contributed by atoms with E-state index in [1.807, 2.05) is 24.4 Å². The summed E-state index contributed by atoms with van der Waals surface area (Å²) < 4.78 is 0. The summed E-state index contributed by atoms with van der Waals surface area (Å²) in [6.45, 7) is 5.80. The molecule has 0 spiro atoms. The molecule has 0 aliphatic carbocycles. The number of pyridine rings is 2. The second-order valence-electron chi connectivity index (χ2n) is 6.52. The van der Waals surface area contributed by atoms with Crippen LogP contribution in [0.25, 0.3) is 11.4 Å². The van der Waals surface area contributed by atoms with Gasteiger partial charge >= 0.3 is 0 Å². The van der Waals surface area contributed by atoms with Gasteiger partial charge in [0.25, 0.3) is 0 Å². The molecule has 1 atom stereocenters. The van der Waals surface area contributed by atoms with Crippen LogP contribution >= 0.6 is 0 Å². The van der Waals surface area contributed by atoms with E-state index >= 15 is 0 Å². The number of hydrogen-bond acceptors (Lipinski definition) is 6. The van der Waals surface area contributed by atoms with Gasteiger partial charge in [0.15, 0.2) is 5.82 Å². The maximum Gasteiger partial charge on any atom is 0.161 e. The fraction of sp³-hybridized carbons (Fsp3) is 0.300. The number of hydrogen-bond donors (Lipinski definition) is 2. The summed E-state index contributed by atoms with van der Waals surface area (Å²) in [7, 11) is 0. The Labute approximate surface area is 153 Å². The van der Waals surface area contributed by atoms with E-state index in [1.165, 1.54) is 5.56 Å². The van der Waals surface area contributed by atoms with Gasteiger partial charge in [0.05, 0.1) is 17.4 Å². The number of anilines is 1. The van der Waals surface area contributed by atoms with Crippen molar-refractivity contribution in [1.29, 1.82) is 0 Å². The van der Waals surface area contributed by atoms with E-state index < -0.39 is 0 Å². The molecule has 132 valence electrons. The third-order valence-corrected chi connectivity index (χ3v) is 4.64. The lowest BCUT2D eigenvalue weighted by atomic mass is 10.1. The van der Waals surface area contributed by atoms with Crippen molar-refractivity contribution in [2.24, 2.45) is 0 Å². The van der Waals surface area contributed by atoms with Gasteiger partial charge in [-0.15, -0.1) is 0 Å². The van der Waals surface area contributed by atoms with Crippen LogP contribution in [0.5, 0.6) is 0 Å². The van der Waals surface area contributed by atoms with Crippen LogP contribution in [0.1, 0.15) is 41.9 Å². The summed E-state index contributed by atoms with van der Waals surface area (Å²) in [5.74, 6) is 1.62. The Kier molecular flexibility index (Phi) is 4.58. The van der Waals surface area contributed by atoms with Crippen LogP contribution in [-0.2, 0) is 13.1 Å². The van der Waals surface area contributed by atoms with E-state index in [-0.39, 0.29) is 6.04 Å². The van der Waals surface area contributed by atoms with E-state index in [4.69, 9.17) is 9.97 Å². The molecule has 0 radical (unpaired) electrons. The molecule has 1 aliphatic rings. The molecule has 2 N–H and O–H groups in total. The van der Waals surface area contributed by atoms with Crippen LogP contribution in [0.4, 0.5) is 5.82 Å². The summed E-state index contributed by atoms with van der Waals surface area (Å²) in [5, 5.41) is 6.99. The first kappa shape index (κ1) is 16.6. The van der Waals surface area contributed by atoms with Gasteiger partial charge in [0.2, 0.25) is 0 Å². The molecular weight excluding hydrogens is 324 g/mol. The number of aromatic nitrogens is 4. The van der Waals surface area contributed by atoms with E-state index in [0.29, 0.717) is 0 Å². The molecule has 6 heteroatoms. The first-order valence-electron chi connectivity index (χ1n) is 8.94. The highest BCUT2D eigenvalue weighted by molar-refractivity contribution is 5.60. The normalized spacial score (nSPS) is 14.1. The highest BCUT2D eigenvalue weighted by Gasteiger charge is 2.22. The highest BCUT2D eigenvalue weighted by atomic mass is 15.1. The third-order valence-electron chi connectivity index (χ3n) is 4.64. The molecule has 4 heterocycles. The van der Waals surface area contributed by atoms with Crippen LogP contribution < -0.4 is 10.6 Å². The number of aryl methyl sites for hydroxylation is 1. The molecule has 3 aromatic heterocycles. The number of fused-ring (bicyclic) bond motifs is 1. The molecule has 0 amide bonds. The zero-order chi connectivity index (χ0) is 17.9. The van der Waals surface area contributed by atoms with Crippen molar-refractivity contribution in [3.63, 3.8) is 0 Å². The predicted molar refractivity (Wildman–Crippen MR) is 101 cm³/mol. The lowest BCUT2D eigenvalue weighted by molar-refractivity contribution is 0.714. The average Bonchev–Trinajstić information content (AvgIpc) is 3.15. The van der Waals surface area contributed by atoms with Gasteiger partial charge < -0.3 is 10.6 Å². The van der Waals surface area contributed by atoms with Gasteiger partial charge in [-0.25, -0.2) is 9.97 Å². The maximum absolute atomic E-state index is 4.83. The quantitative estimate of drug-likeness (QED) is 0.737. The lowest BCUT2D eigenvalue weighted by Crippen LogP contribution is -2.15. The van der Waals surface area contributed by atoms with Crippen molar-refractivity contribution in [2.75, 3.05) is 5.32 Å². The molecule has 0 bridgehead atoms. The summed E-state index contributed by atoms with van der Waals surface area (Å²) in [4.78, 5) is 18.2. The van der Waals surface area contributed by atoms with Crippen LogP contribution in [0.3, 0.4) is 0 Å². The Morgan fingerprint density at radius 1 is 1.12 bits per heavy atom. The van der Waals surface area contributed by atoms with Gasteiger partial charge in [-0.1, -0.05) is 6.92 Å². The van der Waals surface area contributed by atoms with Gasteiger partial charge in [0, 0.05) is 42.8 Å². The monoisotopic (exact) mass is 346 g/mol. The molecule has 3 aromatic rings. The van der Waals surface area contributed by atoms with Crippen LogP contribution in [0.15, 0.2) is 42.9 Å². The number of nitrogens with one attached hydrogen (secondary N) is 2. The largest absolute Gasteiger partial charge is 0.361 e. The summed E-state index contributed by atoms with van der Waals surface area (Å²) in [6, 6.07) is 8.13. The number of rotatable bonds is 5. The van der Waals surface area contributed by atoms with Crippen molar-refractivity contribution < 1.29 is 0 Å². The van der Waals surface area contributed by atoms with Crippen LogP contribution in [-0.4, -0.2) is 19.9 Å². The van der Waals surface area contributed by atoms with Crippen LogP contribution in [0, 0.1) is 6.92 Å². The van der Waals surface area contributed by atoms with Crippen molar-refractivity contribution in [1.82, 2.24) is 25.3 Å². The Morgan fingerprint density at radius 3 is 2.73 bits per heavy atom. The van der Waals surface area contributed by atoms with Crippen molar-refractivity contribution in [3.05, 3.63) is 65.4 Å².